The van der Waals surface area contributed by atoms with E-state index in [1.165, 1.54) is 23.1 Å². The number of benzene rings is 1. The smallest absolute Gasteiger partial charge is 0.305 e. The average molecular weight is 507 g/mol. The molecule has 5 N–H and O–H groups in total. The highest BCUT2D eigenvalue weighted by Gasteiger charge is 2.53. The Balaban J connectivity index is 1.84. The number of piperidine rings is 1. The average Bonchev–Trinajstić information content (AvgIpc) is 3.38. The third-order valence-electron chi connectivity index (χ3n) is 6.65. The lowest BCUT2D eigenvalue weighted by Crippen LogP contribution is -2.61. The minimum atomic E-state index is -1.22. The number of aliphatic carboxylic acids is 1. The highest BCUT2D eigenvalue weighted by molar-refractivity contribution is 6.33. The lowest BCUT2D eigenvalue weighted by Gasteiger charge is -2.40. The maximum atomic E-state index is 13.8. The first-order chi connectivity index (χ1) is 16.3. The Hall–Kier alpha value is -3.14. The van der Waals surface area contributed by atoms with Crippen molar-refractivity contribution in [1.29, 1.82) is 0 Å². The van der Waals surface area contributed by atoms with Gasteiger partial charge in [-0.05, 0) is 48.8 Å². The number of fused-ring (bicyclic) bond motifs is 2. The van der Waals surface area contributed by atoms with E-state index in [2.05, 4.69) is 10.6 Å². The molecule has 10 nitrogen and oxygen atoms in total. The predicted octanol–water partition coefficient (Wildman–Crippen LogP) is 1.60. The zero-order valence-electron chi connectivity index (χ0n) is 19.9. The SMILES string of the molecule is CC(C)(C)C(NC(=O)c1ccc(N)c(Cl)c1)C(=O)N1C2CCC(C2)C1C(=O)N[C@H](C=O)CC(=O)O. The number of nitrogens with one attached hydrogen (secondary N) is 2. The Bertz CT molecular complexity index is 1040. The summed E-state index contributed by atoms with van der Waals surface area (Å²) in [5.41, 5.74) is 5.60. The summed E-state index contributed by atoms with van der Waals surface area (Å²) in [6.45, 7) is 5.43. The van der Waals surface area contributed by atoms with Crippen molar-refractivity contribution < 1.29 is 29.1 Å². The van der Waals surface area contributed by atoms with Crippen LogP contribution in [0, 0.1) is 11.3 Å². The van der Waals surface area contributed by atoms with Crippen molar-refractivity contribution in [3.63, 3.8) is 0 Å². The van der Waals surface area contributed by atoms with Gasteiger partial charge in [-0.25, -0.2) is 0 Å². The number of aldehydes is 1. The predicted molar refractivity (Wildman–Crippen MR) is 129 cm³/mol. The number of nitrogen functional groups attached to an aromatic ring is 1. The Kier molecular flexibility index (Phi) is 7.74. The van der Waals surface area contributed by atoms with E-state index in [-0.39, 0.29) is 22.5 Å². The summed E-state index contributed by atoms with van der Waals surface area (Å²) in [6.07, 6.45) is 1.93. The van der Waals surface area contributed by atoms with Crippen LogP contribution in [0.15, 0.2) is 18.2 Å². The molecule has 3 rings (SSSR count). The molecule has 5 atom stereocenters. The van der Waals surface area contributed by atoms with E-state index in [0.29, 0.717) is 18.4 Å². The molecule has 1 aliphatic heterocycles. The fraction of sp³-hybridized carbons (Fsp3) is 0.542. The van der Waals surface area contributed by atoms with Crippen LogP contribution in [0.5, 0.6) is 0 Å². The van der Waals surface area contributed by atoms with Gasteiger partial charge in [0.25, 0.3) is 5.91 Å². The van der Waals surface area contributed by atoms with Crippen molar-refractivity contribution in [2.45, 2.75) is 70.6 Å². The van der Waals surface area contributed by atoms with E-state index in [1.807, 2.05) is 20.8 Å². The van der Waals surface area contributed by atoms with Crippen molar-refractivity contribution >= 4 is 47.3 Å². The van der Waals surface area contributed by atoms with Crippen LogP contribution < -0.4 is 16.4 Å². The molecule has 1 heterocycles. The van der Waals surface area contributed by atoms with E-state index in [9.17, 15) is 24.0 Å². The maximum Gasteiger partial charge on any atom is 0.305 e. The highest BCUT2D eigenvalue weighted by Crippen LogP contribution is 2.43. The van der Waals surface area contributed by atoms with Crippen molar-refractivity contribution in [2.24, 2.45) is 11.3 Å². The molecule has 11 heteroatoms. The number of rotatable bonds is 8. The molecule has 1 aliphatic carbocycles. The van der Waals surface area contributed by atoms with Crippen molar-refractivity contribution in [3.05, 3.63) is 28.8 Å². The normalized spacial score (nSPS) is 22.9. The van der Waals surface area contributed by atoms with Gasteiger partial charge in [0.1, 0.15) is 18.4 Å². The molecule has 0 radical (unpaired) electrons. The van der Waals surface area contributed by atoms with Crippen molar-refractivity contribution in [2.75, 3.05) is 5.73 Å². The molecule has 1 saturated carbocycles. The number of nitrogens with zero attached hydrogens (tertiary/aromatic N) is 1. The topological polar surface area (TPSA) is 159 Å². The molecule has 3 amide bonds. The quantitative estimate of drug-likeness (QED) is 0.308. The van der Waals surface area contributed by atoms with Crippen molar-refractivity contribution in [1.82, 2.24) is 15.5 Å². The Morgan fingerprint density at radius 2 is 1.91 bits per heavy atom. The van der Waals surface area contributed by atoms with Crippen LogP contribution >= 0.6 is 11.6 Å². The Labute approximate surface area is 208 Å². The first kappa shape index (κ1) is 26.5. The molecule has 2 bridgehead atoms. The highest BCUT2D eigenvalue weighted by atomic mass is 35.5. The minimum Gasteiger partial charge on any atom is -0.481 e. The largest absolute Gasteiger partial charge is 0.481 e. The number of carbonyl (C=O) groups is 5. The summed E-state index contributed by atoms with van der Waals surface area (Å²) in [5.74, 6) is -2.79. The number of likely N-dealkylation sites (tertiary alicyclic amines) is 1. The van der Waals surface area contributed by atoms with E-state index in [1.54, 1.807) is 0 Å². The van der Waals surface area contributed by atoms with Crippen molar-refractivity contribution in [3.8, 4) is 0 Å². The van der Waals surface area contributed by atoms with Gasteiger partial charge in [-0.1, -0.05) is 32.4 Å². The summed E-state index contributed by atoms with van der Waals surface area (Å²) in [4.78, 5) is 63.7. The zero-order chi connectivity index (χ0) is 26.1. The second kappa shape index (κ2) is 10.2. The van der Waals surface area contributed by atoms with E-state index in [0.717, 1.165) is 12.8 Å². The fourth-order valence-corrected chi connectivity index (χ4v) is 5.09. The van der Waals surface area contributed by atoms with Gasteiger partial charge in [-0.2, -0.15) is 0 Å². The molecule has 4 unspecified atom stereocenters. The maximum absolute atomic E-state index is 13.8. The summed E-state index contributed by atoms with van der Waals surface area (Å²) in [6, 6.07) is 1.27. The summed E-state index contributed by atoms with van der Waals surface area (Å²) >= 11 is 6.05. The zero-order valence-corrected chi connectivity index (χ0v) is 20.7. The van der Waals surface area contributed by atoms with Crippen LogP contribution in [0.1, 0.15) is 56.8 Å². The molecule has 1 aromatic rings. The molecule has 190 valence electrons. The van der Waals surface area contributed by atoms with Gasteiger partial charge in [0, 0.05) is 11.6 Å². The molecule has 2 fully saturated rings. The number of amides is 3. The first-order valence-electron chi connectivity index (χ1n) is 11.5. The van der Waals surface area contributed by atoms with Gasteiger partial charge >= 0.3 is 5.97 Å². The van der Waals surface area contributed by atoms with Gasteiger partial charge < -0.3 is 31.2 Å². The van der Waals surface area contributed by atoms with Crippen LogP contribution in [0.3, 0.4) is 0 Å². The van der Waals surface area contributed by atoms with E-state index >= 15 is 0 Å². The third kappa shape index (κ3) is 5.75. The second-order valence-corrected chi connectivity index (χ2v) is 10.7. The molecular weight excluding hydrogens is 476 g/mol. The molecule has 0 aromatic heterocycles. The molecule has 35 heavy (non-hydrogen) atoms. The number of halogens is 1. The van der Waals surface area contributed by atoms with E-state index in [4.69, 9.17) is 22.4 Å². The number of hydrogen-bond donors (Lipinski definition) is 4. The van der Waals surface area contributed by atoms with Gasteiger partial charge in [0.2, 0.25) is 11.8 Å². The van der Waals surface area contributed by atoms with Crippen LogP contribution in [-0.2, 0) is 19.2 Å². The van der Waals surface area contributed by atoms with E-state index < -0.39 is 53.7 Å². The second-order valence-electron chi connectivity index (χ2n) is 10.3. The van der Waals surface area contributed by atoms with Gasteiger partial charge in [-0.3, -0.25) is 19.2 Å². The summed E-state index contributed by atoms with van der Waals surface area (Å²) < 4.78 is 0. The number of hydrogen-bond acceptors (Lipinski definition) is 6. The summed E-state index contributed by atoms with van der Waals surface area (Å²) in [7, 11) is 0. The number of carboxylic acids is 1. The molecule has 2 aliphatic rings. The van der Waals surface area contributed by atoms with Crippen LogP contribution in [0.4, 0.5) is 5.69 Å². The monoisotopic (exact) mass is 506 g/mol. The lowest BCUT2D eigenvalue weighted by molar-refractivity contribution is -0.147. The molecule has 1 saturated heterocycles. The van der Waals surface area contributed by atoms with Crippen LogP contribution in [-0.4, -0.2) is 64.2 Å². The number of carboxylic acid groups (broad SMARTS) is 1. The molecule has 0 spiro atoms. The molecular formula is C24H31ClN4O6. The Morgan fingerprint density at radius 3 is 2.49 bits per heavy atom. The van der Waals surface area contributed by atoms with Gasteiger partial charge in [-0.15, -0.1) is 0 Å². The third-order valence-corrected chi connectivity index (χ3v) is 6.97. The summed E-state index contributed by atoms with van der Waals surface area (Å²) in [5, 5.41) is 14.5. The number of anilines is 1. The minimum absolute atomic E-state index is 0.103. The molecule has 1 aromatic carbocycles. The van der Waals surface area contributed by atoms with Crippen LogP contribution in [0.25, 0.3) is 0 Å². The number of nitrogens with two attached hydrogens (primary N) is 1. The fourth-order valence-electron chi connectivity index (χ4n) is 4.91. The van der Waals surface area contributed by atoms with Crippen LogP contribution in [0.2, 0.25) is 5.02 Å². The van der Waals surface area contributed by atoms with Gasteiger partial charge in [0.05, 0.1) is 23.2 Å². The first-order valence-corrected chi connectivity index (χ1v) is 11.9. The van der Waals surface area contributed by atoms with Gasteiger partial charge in [0.15, 0.2) is 0 Å². The Morgan fingerprint density at radius 1 is 1.23 bits per heavy atom. The lowest BCUT2D eigenvalue weighted by atomic mass is 9.84. The number of carbonyl (C=O) groups excluding carboxylic acids is 4. The standard InChI is InChI=1S/C24H31ClN4O6/c1-24(2,3)20(28-21(33)13-5-7-17(26)16(25)9-13)23(35)29-15-6-4-12(8-15)19(29)22(34)27-14(11-30)10-18(31)32/h5,7,9,11-12,14-15,19-20H,4,6,8,10,26H2,1-3H3,(H,27,34)(H,28,33)(H,31,32)/t12?,14-,15?,19?,20?/m0/s1.